The number of rotatable bonds is 9. The molecule has 1 unspecified atom stereocenters. The number of ether oxygens (including phenoxy) is 1. The van der Waals surface area contributed by atoms with E-state index in [-0.39, 0.29) is 18.1 Å². The predicted molar refractivity (Wildman–Crippen MR) is 86.6 cm³/mol. The number of likely N-dealkylation sites (N-methyl/N-ethyl adjacent to an activating group) is 1. The van der Waals surface area contributed by atoms with Gasteiger partial charge in [-0.1, -0.05) is 0 Å². The molecule has 0 aliphatic carbocycles. The molecule has 0 aliphatic rings. The number of nitrogens with one attached hydrogen (secondary N) is 2. The molecule has 0 heterocycles. The highest BCUT2D eigenvalue weighted by Crippen LogP contribution is 2.13. The summed E-state index contributed by atoms with van der Waals surface area (Å²) in [6, 6.07) is 2.49. The maximum Gasteiger partial charge on any atom is 0.241 e. The summed E-state index contributed by atoms with van der Waals surface area (Å²) >= 11 is 0. The molecule has 1 aromatic rings. The monoisotopic (exact) mass is 343 g/mol. The van der Waals surface area contributed by atoms with Gasteiger partial charge >= 0.3 is 0 Å². The molecule has 2 amide bonds. The van der Waals surface area contributed by atoms with E-state index < -0.39 is 23.6 Å². The van der Waals surface area contributed by atoms with Gasteiger partial charge in [-0.15, -0.1) is 0 Å². The third kappa shape index (κ3) is 6.59. The lowest BCUT2D eigenvalue weighted by atomic mass is 10.2. The second-order valence-corrected chi connectivity index (χ2v) is 5.41. The first-order valence-corrected chi connectivity index (χ1v) is 7.57. The Balaban J connectivity index is 2.46. The van der Waals surface area contributed by atoms with Crippen LogP contribution < -0.4 is 10.6 Å². The van der Waals surface area contributed by atoms with Crippen molar-refractivity contribution in [2.45, 2.75) is 19.4 Å². The third-order valence-corrected chi connectivity index (χ3v) is 3.47. The number of anilines is 1. The van der Waals surface area contributed by atoms with Crippen LogP contribution in [0.15, 0.2) is 18.2 Å². The van der Waals surface area contributed by atoms with E-state index in [1.807, 2.05) is 0 Å². The standard InChI is InChI=1S/C16H23F2N3O3/c1-11(21(2)10-15(22)19-7-4-8-24-3)16(23)20-12-5-6-13(17)14(18)9-12/h5-6,9,11H,4,7-8,10H2,1-3H3,(H,19,22)(H,20,23). The Morgan fingerprint density at radius 1 is 1.29 bits per heavy atom. The molecule has 1 aromatic carbocycles. The van der Waals surface area contributed by atoms with Gasteiger partial charge in [0.15, 0.2) is 11.6 Å². The van der Waals surface area contributed by atoms with E-state index in [9.17, 15) is 18.4 Å². The van der Waals surface area contributed by atoms with E-state index in [4.69, 9.17) is 4.74 Å². The lowest BCUT2D eigenvalue weighted by Crippen LogP contribution is -2.45. The Morgan fingerprint density at radius 2 is 2.00 bits per heavy atom. The molecule has 8 heteroatoms. The molecule has 1 atom stereocenters. The zero-order valence-corrected chi connectivity index (χ0v) is 14.1. The fourth-order valence-electron chi connectivity index (χ4n) is 1.88. The topological polar surface area (TPSA) is 70.7 Å². The Morgan fingerprint density at radius 3 is 2.62 bits per heavy atom. The van der Waals surface area contributed by atoms with Gasteiger partial charge in [-0.2, -0.15) is 0 Å². The van der Waals surface area contributed by atoms with E-state index in [1.54, 1.807) is 26.0 Å². The van der Waals surface area contributed by atoms with Crippen LogP contribution in [-0.4, -0.2) is 56.6 Å². The molecular weight excluding hydrogens is 320 g/mol. The zero-order valence-electron chi connectivity index (χ0n) is 14.1. The molecule has 0 bridgehead atoms. The summed E-state index contributed by atoms with van der Waals surface area (Å²) in [5.41, 5.74) is 0.156. The second-order valence-electron chi connectivity index (χ2n) is 5.41. The SMILES string of the molecule is COCCCNC(=O)CN(C)C(C)C(=O)Nc1ccc(F)c(F)c1. The number of benzene rings is 1. The van der Waals surface area contributed by atoms with Crippen LogP contribution in [0.1, 0.15) is 13.3 Å². The van der Waals surface area contributed by atoms with Gasteiger partial charge < -0.3 is 15.4 Å². The summed E-state index contributed by atoms with van der Waals surface area (Å²) in [5.74, 6) is -2.65. The molecule has 0 saturated carbocycles. The van der Waals surface area contributed by atoms with Crippen LogP contribution in [0.25, 0.3) is 0 Å². The van der Waals surface area contributed by atoms with Crippen LogP contribution in [0.3, 0.4) is 0 Å². The molecule has 24 heavy (non-hydrogen) atoms. The first kappa shape index (κ1) is 20.0. The van der Waals surface area contributed by atoms with Gasteiger partial charge in [0.05, 0.1) is 12.6 Å². The maximum atomic E-state index is 13.1. The van der Waals surface area contributed by atoms with Gasteiger partial charge in [-0.3, -0.25) is 14.5 Å². The highest BCUT2D eigenvalue weighted by Gasteiger charge is 2.20. The number of carbonyl (C=O) groups excluding carboxylic acids is 2. The van der Waals surface area contributed by atoms with Crippen molar-refractivity contribution < 1.29 is 23.1 Å². The Hall–Kier alpha value is -2.06. The molecule has 0 radical (unpaired) electrons. The van der Waals surface area contributed by atoms with Gasteiger partial charge in [0, 0.05) is 32.0 Å². The largest absolute Gasteiger partial charge is 0.385 e. The van der Waals surface area contributed by atoms with Gasteiger partial charge in [0.25, 0.3) is 0 Å². The van der Waals surface area contributed by atoms with Crippen molar-refractivity contribution in [2.24, 2.45) is 0 Å². The van der Waals surface area contributed by atoms with Crippen molar-refractivity contribution in [1.29, 1.82) is 0 Å². The van der Waals surface area contributed by atoms with Gasteiger partial charge in [0.2, 0.25) is 11.8 Å². The zero-order chi connectivity index (χ0) is 18.1. The molecule has 1 rings (SSSR count). The highest BCUT2D eigenvalue weighted by atomic mass is 19.2. The summed E-state index contributed by atoms with van der Waals surface area (Å²) in [4.78, 5) is 25.4. The fourth-order valence-corrected chi connectivity index (χ4v) is 1.88. The quantitative estimate of drug-likeness (QED) is 0.665. The van der Waals surface area contributed by atoms with Crippen LogP contribution in [0.2, 0.25) is 0 Å². The smallest absolute Gasteiger partial charge is 0.241 e. The van der Waals surface area contributed by atoms with E-state index in [1.165, 1.54) is 6.07 Å². The first-order valence-electron chi connectivity index (χ1n) is 7.57. The summed E-state index contributed by atoms with van der Waals surface area (Å²) < 4.78 is 30.9. The molecule has 0 spiro atoms. The molecule has 2 N–H and O–H groups in total. The van der Waals surface area contributed by atoms with Crippen LogP contribution >= 0.6 is 0 Å². The number of halogens is 2. The van der Waals surface area contributed by atoms with Crippen molar-refractivity contribution in [1.82, 2.24) is 10.2 Å². The van der Waals surface area contributed by atoms with E-state index in [0.29, 0.717) is 19.6 Å². The average Bonchev–Trinajstić information content (AvgIpc) is 2.54. The summed E-state index contributed by atoms with van der Waals surface area (Å²) in [5, 5.41) is 5.21. The van der Waals surface area contributed by atoms with Crippen LogP contribution in [-0.2, 0) is 14.3 Å². The summed E-state index contributed by atoms with van der Waals surface area (Å²) in [7, 11) is 3.22. The number of methoxy groups -OCH3 is 1. The van der Waals surface area contributed by atoms with Crippen molar-refractivity contribution in [2.75, 3.05) is 39.2 Å². The maximum absolute atomic E-state index is 13.1. The highest BCUT2D eigenvalue weighted by molar-refractivity contribution is 5.94. The van der Waals surface area contributed by atoms with Crippen molar-refractivity contribution in [3.8, 4) is 0 Å². The normalized spacial score (nSPS) is 12.1. The van der Waals surface area contributed by atoms with Crippen LogP contribution in [0.4, 0.5) is 14.5 Å². The summed E-state index contributed by atoms with van der Waals surface area (Å²) in [6.07, 6.45) is 0.706. The summed E-state index contributed by atoms with van der Waals surface area (Å²) in [6.45, 7) is 2.71. The van der Waals surface area contributed by atoms with Gasteiger partial charge in [-0.05, 0) is 32.5 Å². The average molecular weight is 343 g/mol. The molecule has 0 saturated heterocycles. The van der Waals surface area contributed by atoms with Crippen molar-refractivity contribution >= 4 is 17.5 Å². The third-order valence-electron chi connectivity index (χ3n) is 3.47. The van der Waals surface area contributed by atoms with Crippen molar-refractivity contribution in [3.05, 3.63) is 29.8 Å². The Labute approximate surface area is 140 Å². The second kappa shape index (κ2) is 9.94. The predicted octanol–water partition coefficient (Wildman–Crippen LogP) is 1.38. The molecule has 134 valence electrons. The van der Waals surface area contributed by atoms with E-state index in [2.05, 4.69) is 10.6 Å². The molecule has 0 fully saturated rings. The lowest BCUT2D eigenvalue weighted by molar-refractivity contribution is -0.124. The number of hydrogen-bond donors (Lipinski definition) is 2. The minimum Gasteiger partial charge on any atom is -0.385 e. The first-order chi connectivity index (χ1) is 11.3. The number of carbonyl (C=O) groups is 2. The Kier molecular flexibility index (Phi) is 8.28. The Bertz CT molecular complexity index is 569. The van der Waals surface area contributed by atoms with Crippen LogP contribution in [0, 0.1) is 11.6 Å². The number of hydrogen-bond acceptors (Lipinski definition) is 4. The minimum absolute atomic E-state index is 0.0410. The van der Waals surface area contributed by atoms with Crippen molar-refractivity contribution in [3.63, 3.8) is 0 Å². The molecule has 6 nitrogen and oxygen atoms in total. The molecular formula is C16H23F2N3O3. The van der Waals surface area contributed by atoms with Crippen LogP contribution in [0.5, 0.6) is 0 Å². The van der Waals surface area contributed by atoms with Gasteiger partial charge in [0.1, 0.15) is 0 Å². The molecule has 0 aliphatic heterocycles. The van der Waals surface area contributed by atoms with E-state index in [0.717, 1.165) is 12.1 Å². The number of amides is 2. The lowest BCUT2D eigenvalue weighted by Gasteiger charge is -2.23. The molecule has 0 aromatic heterocycles. The minimum atomic E-state index is -1.04. The fraction of sp³-hybridized carbons (Fsp3) is 0.500. The van der Waals surface area contributed by atoms with E-state index >= 15 is 0 Å². The van der Waals surface area contributed by atoms with Gasteiger partial charge in [-0.25, -0.2) is 8.78 Å². The number of nitrogens with zero attached hydrogens (tertiary/aromatic N) is 1.